The van der Waals surface area contributed by atoms with Crippen LogP contribution in [-0.2, 0) is 37.0 Å². The predicted octanol–water partition coefficient (Wildman–Crippen LogP) is 3.11. The average Bonchev–Trinajstić information content (AvgIpc) is 3.22. The molecule has 0 aliphatic heterocycles. The largest absolute Gasteiger partial charge is 4.00 e. The van der Waals surface area contributed by atoms with Gasteiger partial charge in [0, 0.05) is 0 Å². The second kappa shape index (κ2) is 12.1. The van der Waals surface area contributed by atoms with Gasteiger partial charge in [0.15, 0.2) is 0 Å². The van der Waals surface area contributed by atoms with E-state index < -0.39 is 8.07 Å². The van der Waals surface area contributed by atoms with Crippen molar-refractivity contribution in [1.29, 1.82) is 0 Å². The van der Waals surface area contributed by atoms with E-state index >= 15 is 0 Å². The van der Waals surface area contributed by atoms with Crippen LogP contribution in [0.3, 0.4) is 0 Å². The van der Waals surface area contributed by atoms with E-state index in [1.807, 2.05) is 0 Å². The Morgan fingerprint density at radius 3 is 1.44 bits per heavy atom. The zero-order valence-electron chi connectivity index (χ0n) is 22.5. The minimum atomic E-state index is -1.02. The van der Waals surface area contributed by atoms with Gasteiger partial charge in [-0.25, -0.2) is 11.3 Å². The van der Waals surface area contributed by atoms with E-state index in [9.17, 15) is 0 Å². The summed E-state index contributed by atoms with van der Waals surface area (Å²) in [5.74, 6) is 0.557. The summed E-state index contributed by atoms with van der Waals surface area (Å²) in [5.41, 5.74) is 3.21. The first-order valence-electron chi connectivity index (χ1n) is 11.6. The Hall–Kier alpha value is -0.530. The van der Waals surface area contributed by atoms with E-state index in [-0.39, 0.29) is 61.8 Å². The van der Waals surface area contributed by atoms with Gasteiger partial charge in [-0.3, -0.25) is 6.08 Å². The average molecular weight is 591 g/mol. The van der Waals surface area contributed by atoms with Crippen LogP contribution in [0.15, 0.2) is 59.8 Å². The van der Waals surface area contributed by atoms with E-state index in [2.05, 4.69) is 129 Å². The molecule has 0 fully saturated rings. The number of hydrogen-bond donors (Lipinski definition) is 0. The SMILES string of the molecule is CC(C)(C)c1ccc2c(c1)[cH-]c1cc(C(C)(C)C)ccc12.CC1[C-]=CC([Si](C)(C)C)=C1.[Cl-].[Cl-].[Zr+4]. The van der Waals surface area contributed by atoms with Gasteiger partial charge in [-0.2, -0.15) is 6.08 Å². The summed E-state index contributed by atoms with van der Waals surface area (Å²) in [5, 5.41) is 7.03. The molecule has 3 aromatic carbocycles. The normalized spacial score (nSPS) is 15.6. The van der Waals surface area contributed by atoms with Crippen LogP contribution in [0.2, 0.25) is 19.6 Å². The van der Waals surface area contributed by atoms with E-state index in [0.717, 1.165) is 0 Å². The fourth-order valence-corrected chi connectivity index (χ4v) is 5.28. The molecule has 0 radical (unpaired) electrons. The molecule has 0 N–H and O–H groups in total. The predicted molar refractivity (Wildman–Crippen MR) is 143 cm³/mol. The Morgan fingerprint density at radius 2 is 1.18 bits per heavy atom. The second-order valence-corrected chi connectivity index (χ2v) is 17.3. The summed E-state index contributed by atoms with van der Waals surface area (Å²) in [6, 6.07) is 16.2. The van der Waals surface area contributed by atoms with E-state index in [1.54, 1.807) is 5.20 Å². The molecule has 1 atom stereocenters. The van der Waals surface area contributed by atoms with Crippen LogP contribution in [-0.4, -0.2) is 8.07 Å². The van der Waals surface area contributed by atoms with Crippen molar-refractivity contribution in [2.75, 3.05) is 0 Å². The van der Waals surface area contributed by atoms with Gasteiger partial charge in [0.2, 0.25) is 0 Å². The molecule has 0 nitrogen and oxygen atoms in total. The molecule has 0 aromatic heterocycles. The number of fused-ring (bicyclic) bond motifs is 3. The van der Waals surface area contributed by atoms with Crippen LogP contribution in [0.5, 0.6) is 0 Å². The molecule has 1 unspecified atom stereocenters. The third-order valence-corrected chi connectivity index (χ3v) is 8.28. The summed E-state index contributed by atoms with van der Waals surface area (Å²) in [7, 11) is -1.02. The van der Waals surface area contributed by atoms with Crippen LogP contribution in [0.4, 0.5) is 0 Å². The van der Waals surface area contributed by atoms with Crippen molar-refractivity contribution < 1.29 is 51.0 Å². The zero-order valence-corrected chi connectivity index (χ0v) is 27.5. The maximum Gasteiger partial charge on any atom is 4.00 e. The van der Waals surface area contributed by atoms with Gasteiger partial charge in [0.05, 0.1) is 0 Å². The van der Waals surface area contributed by atoms with Crippen LogP contribution >= 0.6 is 0 Å². The van der Waals surface area contributed by atoms with Crippen molar-refractivity contribution in [1.82, 2.24) is 0 Å². The fraction of sp³-hybridized carbons (Fsp3) is 0.433. The molecule has 0 amide bonds. The van der Waals surface area contributed by atoms with E-state index in [0.29, 0.717) is 5.92 Å². The number of halogens is 2. The first-order valence-corrected chi connectivity index (χ1v) is 15.1. The molecule has 1 aliphatic carbocycles. The minimum absolute atomic E-state index is 0. The Bertz CT molecular complexity index is 1080. The van der Waals surface area contributed by atoms with Gasteiger partial charge < -0.3 is 24.8 Å². The standard InChI is InChI=1S/C21H25.C9H15Si.2ClH.Zr/c1-20(2,3)16-7-9-18-14(12-16)11-15-13-17(21(4,5)6)8-10-19(15)18;1-8-5-6-9(7-8)10(2,3)4;;;/h7-13H,1-6H3;6-8H,1-4H3;2*1H;/q2*-1;;;+4/p-2. The number of hydrogen-bond acceptors (Lipinski definition) is 0. The Morgan fingerprint density at radius 1 is 0.765 bits per heavy atom. The Labute approximate surface area is 241 Å². The van der Waals surface area contributed by atoms with Crippen LogP contribution in [0.1, 0.15) is 59.6 Å². The Kier molecular flexibility index (Phi) is 11.9. The molecule has 4 rings (SSSR count). The molecule has 4 heteroatoms. The summed E-state index contributed by atoms with van der Waals surface area (Å²) in [6.45, 7) is 22.9. The molecule has 0 heterocycles. The van der Waals surface area contributed by atoms with Gasteiger partial charge in [-0.1, -0.05) is 109 Å². The number of benzene rings is 2. The molecular weight excluding hydrogens is 551 g/mol. The minimum Gasteiger partial charge on any atom is -1.00 e. The summed E-state index contributed by atoms with van der Waals surface area (Å²) in [4.78, 5) is 0. The van der Waals surface area contributed by atoms with Gasteiger partial charge in [-0.05, 0) is 18.9 Å². The van der Waals surface area contributed by atoms with Crippen LogP contribution in [0, 0.1) is 12.0 Å². The van der Waals surface area contributed by atoms with Gasteiger partial charge in [0.25, 0.3) is 0 Å². The van der Waals surface area contributed by atoms with E-state index in [1.165, 1.54) is 32.7 Å². The summed E-state index contributed by atoms with van der Waals surface area (Å²) in [6.07, 6.45) is 7.81. The first-order chi connectivity index (χ1) is 14.2. The smallest absolute Gasteiger partial charge is 1.00 e. The van der Waals surface area contributed by atoms with E-state index in [4.69, 9.17) is 0 Å². The van der Waals surface area contributed by atoms with Crippen LogP contribution < -0.4 is 24.8 Å². The fourth-order valence-electron chi connectivity index (χ4n) is 4.01. The third-order valence-electron chi connectivity index (χ3n) is 6.23. The zero-order chi connectivity index (χ0) is 23.2. The third kappa shape index (κ3) is 7.99. The molecule has 0 saturated carbocycles. The van der Waals surface area contributed by atoms with Gasteiger partial charge in [0.1, 0.15) is 0 Å². The van der Waals surface area contributed by atoms with Crippen molar-refractivity contribution in [3.63, 3.8) is 0 Å². The molecule has 1 aliphatic rings. The molecule has 0 saturated heterocycles. The van der Waals surface area contributed by atoms with Crippen molar-refractivity contribution in [3.05, 3.63) is 77.0 Å². The van der Waals surface area contributed by atoms with Crippen molar-refractivity contribution in [2.45, 2.75) is 78.9 Å². The molecule has 182 valence electrons. The van der Waals surface area contributed by atoms with Gasteiger partial charge in [-0.15, -0.1) is 39.7 Å². The van der Waals surface area contributed by atoms with Crippen molar-refractivity contribution >= 4 is 29.6 Å². The van der Waals surface area contributed by atoms with Crippen molar-refractivity contribution in [3.8, 4) is 0 Å². The monoisotopic (exact) mass is 588 g/mol. The maximum absolute atomic E-state index is 3.29. The molecule has 0 bridgehead atoms. The second-order valence-electron chi connectivity index (χ2n) is 12.2. The molecule has 3 aromatic rings. The quantitative estimate of drug-likeness (QED) is 0.302. The maximum atomic E-state index is 3.29. The summed E-state index contributed by atoms with van der Waals surface area (Å²) >= 11 is 0. The first kappa shape index (κ1) is 33.5. The van der Waals surface area contributed by atoms with Crippen LogP contribution in [0.25, 0.3) is 21.5 Å². The Balaban J connectivity index is 0.000000721. The van der Waals surface area contributed by atoms with Crippen molar-refractivity contribution in [2.24, 2.45) is 5.92 Å². The molecular formula is C30H40Cl2SiZr. The molecule has 34 heavy (non-hydrogen) atoms. The number of rotatable bonds is 1. The summed E-state index contributed by atoms with van der Waals surface area (Å²) < 4.78 is 0. The number of allylic oxidation sites excluding steroid dienone is 4. The molecule has 0 spiro atoms. The topological polar surface area (TPSA) is 0 Å². The van der Waals surface area contributed by atoms with Gasteiger partial charge >= 0.3 is 26.2 Å².